The minimum atomic E-state index is -0.711. The molecule has 2 aromatic carbocycles. The van der Waals surface area contributed by atoms with Gasteiger partial charge in [0, 0.05) is 34.5 Å². The molecule has 0 aromatic heterocycles. The second-order valence-corrected chi connectivity index (χ2v) is 5.86. The molecule has 6 nitrogen and oxygen atoms in total. The van der Waals surface area contributed by atoms with E-state index in [1.165, 1.54) is 18.0 Å². The average molecular weight is 393 g/mol. The summed E-state index contributed by atoms with van der Waals surface area (Å²) < 4.78 is 10.00. The lowest BCUT2D eigenvalue weighted by atomic mass is 10.3. The van der Waals surface area contributed by atoms with Crippen molar-refractivity contribution in [2.45, 2.75) is 0 Å². The van der Waals surface area contributed by atoms with E-state index < -0.39 is 12.2 Å². The minimum absolute atomic E-state index is 0.145. The molecule has 0 unspecified atom stereocenters. The molecular formula is C18H14Cl2N2O4. The van der Waals surface area contributed by atoms with E-state index >= 15 is 0 Å². The van der Waals surface area contributed by atoms with Crippen LogP contribution in [0.25, 0.3) is 0 Å². The van der Waals surface area contributed by atoms with Crippen molar-refractivity contribution in [2.75, 3.05) is 23.9 Å². The first-order valence-electron chi connectivity index (χ1n) is 7.28. The molecule has 2 amide bonds. The molecule has 1 N–H and O–H groups in total. The Morgan fingerprint density at radius 2 is 1.88 bits per heavy atom. The highest BCUT2D eigenvalue weighted by Crippen LogP contribution is 2.26. The van der Waals surface area contributed by atoms with E-state index in [4.69, 9.17) is 39.1 Å². The van der Waals surface area contributed by atoms with Crippen LogP contribution in [-0.4, -0.2) is 25.8 Å². The van der Waals surface area contributed by atoms with Gasteiger partial charge in [-0.15, -0.1) is 6.42 Å². The molecule has 26 heavy (non-hydrogen) atoms. The van der Waals surface area contributed by atoms with E-state index in [1.807, 2.05) is 0 Å². The van der Waals surface area contributed by atoms with Crippen LogP contribution < -0.4 is 15.0 Å². The number of hydrogen-bond donors (Lipinski definition) is 1. The van der Waals surface area contributed by atoms with Gasteiger partial charge >= 0.3 is 12.2 Å². The smallest absolute Gasteiger partial charge is 0.419 e. The molecule has 134 valence electrons. The SMILES string of the molecule is C#CCOC(=O)Nc1cccc(OC(=O)N(C)c2cc(Cl)cc(Cl)c2)c1. The topological polar surface area (TPSA) is 67.9 Å². The van der Waals surface area contributed by atoms with E-state index in [0.717, 1.165) is 0 Å². The number of nitrogens with one attached hydrogen (secondary N) is 1. The van der Waals surface area contributed by atoms with Crippen molar-refractivity contribution < 1.29 is 19.1 Å². The second kappa shape index (κ2) is 8.99. The Hall–Kier alpha value is -2.88. The number of halogens is 2. The number of benzene rings is 2. The first-order chi connectivity index (χ1) is 12.4. The van der Waals surface area contributed by atoms with Gasteiger partial charge in [-0.2, -0.15) is 0 Å². The maximum Gasteiger partial charge on any atom is 0.419 e. The van der Waals surface area contributed by atoms with E-state index in [1.54, 1.807) is 36.4 Å². The summed E-state index contributed by atoms with van der Waals surface area (Å²) in [5, 5.41) is 3.25. The summed E-state index contributed by atoms with van der Waals surface area (Å²) in [5.41, 5.74) is 0.852. The predicted molar refractivity (Wildman–Crippen MR) is 101 cm³/mol. The fraction of sp³-hybridized carbons (Fsp3) is 0.111. The Balaban J connectivity index is 2.05. The zero-order chi connectivity index (χ0) is 19.1. The summed E-state index contributed by atoms with van der Waals surface area (Å²) in [4.78, 5) is 25.0. The highest BCUT2D eigenvalue weighted by Gasteiger charge is 2.15. The molecule has 0 heterocycles. The van der Waals surface area contributed by atoms with Crippen molar-refractivity contribution in [2.24, 2.45) is 0 Å². The Labute approximate surface area is 160 Å². The van der Waals surface area contributed by atoms with E-state index in [9.17, 15) is 9.59 Å². The van der Waals surface area contributed by atoms with Crippen LogP contribution in [-0.2, 0) is 4.74 Å². The third-order valence-electron chi connectivity index (χ3n) is 3.08. The van der Waals surface area contributed by atoms with Crippen molar-refractivity contribution in [3.05, 3.63) is 52.5 Å². The summed E-state index contributed by atoms with van der Waals surface area (Å²) in [6, 6.07) is 11.0. The number of amides is 2. The van der Waals surface area contributed by atoms with Crippen LogP contribution in [0.1, 0.15) is 0 Å². The molecule has 0 saturated carbocycles. The number of hydrogen-bond acceptors (Lipinski definition) is 4. The van der Waals surface area contributed by atoms with Crippen LogP contribution in [0, 0.1) is 12.3 Å². The first kappa shape index (κ1) is 19.4. The molecule has 2 rings (SSSR count). The Morgan fingerprint density at radius 3 is 2.54 bits per heavy atom. The molecule has 0 aliphatic carbocycles. The first-order valence-corrected chi connectivity index (χ1v) is 8.03. The lowest BCUT2D eigenvalue weighted by molar-refractivity contribution is 0.176. The van der Waals surface area contributed by atoms with Gasteiger partial charge in [0.15, 0.2) is 6.61 Å². The fourth-order valence-corrected chi connectivity index (χ4v) is 2.42. The third-order valence-corrected chi connectivity index (χ3v) is 3.52. The Bertz CT molecular complexity index is 844. The molecule has 0 aliphatic heterocycles. The van der Waals surface area contributed by atoms with Gasteiger partial charge in [-0.25, -0.2) is 9.59 Å². The maximum atomic E-state index is 12.3. The van der Waals surface area contributed by atoms with Gasteiger partial charge in [0.1, 0.15) is 5.75 Å². The van der Waals surface area contributed by atoms with Gasteiger partial charge in [0.25, 0.3) is 0 Å². The lowest BCUT2D eigenvalue weighted by Crippen LogP contribution is -2.29. The van der Waals surface area contributed by atoms with Crippen LogP contribution >= 0.6 is 23.2 Å². The molecule has 0 radical (unpaired) electrons. The van der Waals surface area contributed by atoms with Crippen LogP contribution in [0.5, 0.6) is 5.75 Å². The van der Waals surface area contributed by atoms with Gasteiger partial charge < -0.3 is 9.47 Å². The van der Waals surface area contributed by atoms with E-state index in [-0.39, 0.29) is 12.4 Å². The number of carbonyl (C=O) groups is 2. The number of nitrogens with zero attached hydrogens (tertiary/aromatic N) is 1. The molecule has 0 bridgehead atoms. The number of carbonyl (C=O) groups excluding carboxylic acids is 2. The summed E-state index contributed by atoms with van der Waals surface area (Å²) in [5.74, 6) is 2.41. The van der Waals surface area contributed by atoms with Gasteiger partial charge in [-0.05, 0) is 30.3 Å². The highest BCUT2D eigenvalue weighted by molar-refractivity contribution is 6.35. The number of rotatable bonds is 4. The molecular weight excluding hydrogens is 379 g/mol. The Morgan fingerprint density at radius 1 is 1.19 bits per heavy atom. The summed E-state index contributed by atoms with van der Waals surface area (Å²) in [6.07, 6.45) is 3.64. The zero-order valence-corrected chi connectivity index (χ0v) is 15.2. The summed E-state index contributed by atoms with van der Waals surface area (Å²) in [6.45, 7) is -0.145. The van der Waals surface area contributed by atoms with Crippen molar-refractivity contribution in [3.8, 4) is 18.1 Å². The molecule has 0 atom stereocenters. The molecule has 8 heteroatoms. The van der Waals surface area contributed by atoms with Crippen LogP contribution in [0.4, 0.5) is 21.0 Å². The lowest BCUT2D eigenvalue weighted by Gasteiger charge is -2.17. The summed E-state index contributed by atoms with van der Waals surface area (Å²) >= 11 is 11.9. The molecule has 0 spiro atoms. The van der Waals surface area contributed by atoms with Gasteiger partial charge in [-0.1, -0.05) is 35.2 Å². The van der Waals surface area contributed by atoms with Crippen LogP contribution in [0.15, 0.2) is 42.5 Å². The van der Waals surface area contributed by atoms with Crippen LogP contribution in [0.2, 0.25) is 10.0 Å². The van der Waals surface area contributed by atoms with Crippen molar-refractivity contribution in [1.29, 1.82) is 0 Å². The van der Waals surface area contributed by atoms with Crippen molar-refractivity contribution in [3.63, 3.8) is 0 Å². The van der Waals surface area contributed by atoms with Gasteiger partial charge in [0.2, 0.25) is 0 Å². The van der Waals surface area contributed by atoms with Crippen molar-refractivity contribution >= 4 is 46.8 Å². The highest BCUT2D eigenvalue weighted by atomic mass is 35.5. The quantitative estimate of drug-likeness (QED) is 0.757. The van der Waals surface area contributed by atoms with Crippen molar-refractivity contribution in [1.82, 2.24) is 0 Å². The van der Waals surface area contributed by atoms with Gasteiger partial charge in [0.05, 0.1) is 0 Å². The van der Waals surface area contributed by atoms with E-state index in [2.05, 4.69) is 11.2 Å². The van der Waals surface area contributed by atoms with Crippen LogP contribution in [0.3, 0.4) is 0 Å². The monoisotopic (exact) mass is 392 g/mol. The standard InChI is InChI=1S/C18H14Cl2N2O4/c1-3-7-25-17(23)21-14-5-4-6-16(11-14)26-18(24)22(2)15-9-12(19)8-13(20)10-15/h1,4-6,8-11H,7H2,2H3,(H,21,23). The normalized spacial score (nSPS) is 9.77. The number of ether oxygens (including phenoxy) is 2. The fourth-order valence-electron chi connectivity index (χ4n) is 1.91. The third kappa shape index (κ3) is 5.59. The molecule has 0 aliphatic rings. The summed E-state index contributed by atoms with van der Waals surface area (Å²) in [7, 11) is 1.52. The predicted octanol–water partition coefficient (Wildman–Crippen LogP) is 4.81. The second-order valence-electron chi connectivity index (χ2n) is 4.99. The minimum Gasteiger partial charge on any atom is -0.436 e. The molecule has 0 fully saturated rings. The van der Waals surface area contributed by atoms with Gasteiger partial charge in [-0.3, -0.25) is 10.2 Å². The number of anilines is 2. The molecule has 0 saturated heterocycles. The average Bonchev–Trinajstić information content (AvgIpc) is 2.58. The Kier molecular flexibility index (Phi) is 6.73. The molecule has 2 aromatic rings. The maximum absolute atomic E-state index is 12.3. The number of terminal acetylenes is 1. The largest absolute Gasteiger partial charge is 0.436 e. The van der Waals surface area contributed by atoms with E-state index in [0.29, 0.717) is 21.4 Å². The zero-order valence-electron chi connectivity index (χ0n) is 13.7.